The summed E-state index contributed by atoms with van der Waals surface area (Å²) in [6.07, 6.45) is 2.66. The Morgan fingerprint density at radius 2 is 1.96 bits per heavy atom. The van der Waals surface area contributed by atoms with Crippen LogP contribution in [0.25, 0.3) is 11.1 Å². The van der Waals surface area contributed by atoms with Crippen molar-refractivity contribution in [2.24, 2.45) is 0 Å². The molecule has 0 bridgehead atoms. The number of hydrogen-bond acceptors (Lipinski definition) is 3. The highest BCUT2D eigenvalue weighted by molar-refractivity contribution is 5.94. The molecular weight excluding hydrogens is 302 g/mol. The predicted molar refractivity (Wildman–Crippen MR) is 91.8 cm³/mol. The van der Waals surface area contributed by atoms with Crippen LogP contribution in [0.5, 0.6) is 5.75 Å². The number of fused-ring (bicyclic) bond motifs is 1. The predicted octanol–water partition coefficient (Wildman–Crippen LogP) is 3.41. The van der Waals surface area contributed by atoms with Gasteiger partial charge in [-0.05, 0) is 17.2 Å². The number of amides is 1. The fraction of sp³-hybridized carbons (Fsp3) is 0.158. The van der Waals surface area contributed by atoms with Gasteiger partial charge in [0.25, 0.3) is 0 Å². The van der Waals surface area contributed by atoms with Gasteiger partial charge in [0, 0.05) is 12.0 Å². The number of carbonyl (C=O) groups is 1. The maximum atomic E-state index is 12.4. The minimum atomic E-state index is -0.120. The van der Waals surface area contributed by atoms with Gasteiger partial charge in [0.05, 0.1) is 12.6 Å². The molecule has 1 unspecified atom stereocenters. The van der Waals surface area contributed by atoms with Gasteiger partial charge in [0.1, 0.15) is 17.7 Å². The van der Waals surface area contributed by atoms with Gasteiger partial charge in [-0.15, -0.1) is 0 Å². The van der Waals surface area contributed by atoms with E-state index in [0.717, 1.165) is 28.9 Å². The highest BCUT2D eigenvalue weighted by Gasteiger charge is 2.25. The number of benzene rings is 2. The molecule has 1 aromatic heterocycles. The van der Waals surface area contributed by atoms with Crippen molar-refractivity contribution in [3.8, 4) is 16.9 Å². The Kier molecular flexibility index (Phi) is 3.75. The number of para-hydroxylation sites is 1. The minimum Gasteiger partial charge on any atom is -0.489 e. The normalized spacial score (nSPS) is 15.6. The molecule has 24 heavy (non-hydrogen) atoms. The molecule has 1 aliphatic heterocycles. The van der Waals surface area contributed by atoms with Crippen LogP contribution in [0.15, 0.2) is 60.8 Å². The number of hydrogen-bond donors (Lipinski definition) is 2. The lowest BCUT2D eigenvalue weighted by atomic mass is 10.1. The average Bonchev–Trinajstić information content (AvgIpc) is 3.21. The monoisotopic (exact) mass is 319 g/mol. The van der Waals surface area contributed by atoms with E-state index in [9.17, 15) is 4.79 Å². The minimum absolute atomic E-state index is 0.0887. The van der Waals surface area contributed by atoms with Gasteiger partial charge in [-0.1, -0.05) is 48.5 Å². The fourth-order valence-electron chi connectivity index (χ4n) is 2.98. The van der Waals surface area contributed by atoms with Gasteiger partial charge in [0.2, 0.25) is 5.91 Å². The molecule has 2 heterocycles. The van der Waals surface area contributed by atoms with E-state index in [-0.39, 0.29) is 12.0 Å². The van der Waals surface area contributed by atoms with Crippen molar-refractivity contribution < 1.29 is 9.53 Å². The van der Waals surface area contributed by atoms with Crippen molar-refractivity contribution in [3.05, 3.63) is 66.4 Å². The first-order chi connectivity index (χ1) is 11.8. The molecule has 1 amide bonds. The number of nitrogens with zero attached hydrogens (tertiary/aromatic N) is 1. The molecule has 1 aliphatic rings. The van der Waals surface area contributed by atoms with Gasteiger partial charge in [-0.3, -0.25) is 9.89 Å². The van der Waals surface area contributed by atoms with E-state index in [1.165, 1.54) is 0 Å². The standard InChI is InChI=1S/C19H17N3O2/c23-18(11-15-10-14-8-4-5-9-17(14)24-15)21-19-16(12-20-22-19)13-6-2-1-3-7-13/h1-9,12,15H,10-11H2,(H2,20,21,22,23). The van der Waals surface area contributed by atoms with Crippen LogP contribution in [-0.4, -0.2) is 22.2 Å². The topological polar surface area (TPSA) is 67.0 Å². The molecule has 2 N–H and O–H groups in total. The van der Waals surface area contributed by atoms with Crippen LogP contribution in [0.1, 0.15) is 12.0 Å². The summed E-state index contributed by atoms with van der Waals surface area (Å²) in [5, 5.41) is 9.80. The number of aromatic nitrogens is 2. The number of H-pyrrole nitrogens is 1. The summed E-state index contributed by atoms with van der Waals surface area (Å²) in [6, 6.07) is 17.7. The Bertz CT molecular complexity index is 833. The third kappa shape index (κ3) is 2.88. The number of anilines is 1. The van der Waals surface area contributed by atoms with Gasteiger partial charge >= 0.3 is 0 Å². The lowest BCUT2D eigenvalue weighted by Crippen LogP contribution is -2.23. The summed E-state index contributed by atoms with van der Waals surface area (Å²) >= 11 is 0. The molecule has 0 saturated heterocycles. The van der Waals surface area contributed by atoms with Crippen molar-refractivity contribution in [1.82, 2.24) is 10.2 Å². The number of ether oxygens (including phenoxy) is 1. The number of carbonyl (C=O) groups excluding carboxylic acids is 1. The van der Waals surface area contributed by atoms with Crippen LogP contribution < -0.4 is 10.1 Å². The van der Waals surface area contributed by atoms with E-state index >= 15 is 0 Å². The smallest absolute Gasteiger partial charge is 0.229 e. The first-order valence-electron chi connectivity index (χ1n) is 7.93. The Balaban J connectivity index is 1.42. The second-order valence-corrected chi connectivity index (χ2v) is 5.83. The van der Waals surface area contributed by atoms with Crippen molar-refractivity contribution in [2.75, 3.05) is 5.32 Å². The first-order valence-corrected chi connectivity index (χ1v) is 7.93. The Morgan fingerprint density at radius 3 is 2.79 bits per heavy atom. The van der Waals surface area contributed by atoms with Crippen molar-refractivity contribution in [2.45, 2.75) is 18.9 Å². The average molecular weight is 319 g/mol. The molecule has 0 spiro atoms. The molecule has 0 fully saturated rings. The van der Waals surface area contributed by atoms with E-state index in [1.54, 1.807) is 6.20 Å². The van der Waals surface area contributed by atoms with E-state index in [2.05, 4.69) is 15.5 Å². The van der Waals surface area contributed by atoms with Crippen molar-refractivity contribution >= 4 is 11.7 Å². The number of aromatic amines is 1. The summed E-state index contributed by atoms with van der Waals surface area (Å²) in [7, 11) is 0. The second-order valence-electron chi connectivity index (χ2n) is 5.83. The van der Waals surface area contributed by atoms with E-state index in [0.29, 0.717) is 12.2 Å². The van der Waals surface area contributed by atoms with Gasteiger partial charge < -0.3 is 10.1 Å². The highest BCUT2D eigenvalue weighted by atomic mass is 16.5. The zero-order chi connectivity index (χ0) is 16.4. The lowest BCUT2D eigenvalue weighted by Gasteiger charge is -2.11. The Hall–Kier alpha value is -3.08. The maximum Gasteiger partial charge on any atom is 0.229 e. The molecule has 5 heteroatoms. The van der Waals surface area contributed by atoms with Crippen LogP contribution >= 0.6 is 0 Å². The molecule has 3 aromatic rings. The van der Waals surface area contributed by atoms with Crippen molar-refractivity contribution in [3.63, 3.8) is 0 Å². The second kappa shape index (κ2) is 6.20. The van der Waals surface area contributed by atoms with Gasteiger partial charge in [-0.25, -0.2) is 0 Å². The third-order valence-corrected chi connectivity index (χ3v) is 4.12. The fourth-order valence-corrected chi connectivity index (χ4v) is 2.98. The Morgan fingerprint density at radius 1 is 1.17 bits per heavy atom. The zero-order valence-corrected chi connectivity index (χ0v) is 13.0. The molecule has 0 radical (unpaired) electrons. The number of nitrogens with one attached hydrogen (secondary N) is 2. The maximum absolute atomic E-state index is 12.4. The van der Waals surface area contributed by atoms with E-state index in [4.69, 9.17) is 4.74 Å². The van der Waals surface area contributed by atoms with Gasteiger partial charge in [0.15, 0.2) is 0 Å². The van der Waals surface area contributed by atoms with Crippen LogP contribution in [0.3, 0.4) is 0 Å². The van der Waals surface area contributed by atoms with Gasteiger partial charge in [-0.2, -0.15) is 5.10 Å². The summed E-state index contributed by atoms with van der Waals surface area (Å²) in [5.74, 6) is 1.40. The van der Waals surface area contributed by atoms with E-state index in [1.807, 2.05) is 54.6 Å². The molecule has 0 aliphatic carbocycles. The quantitative estimate of drug-likeness (QED) is 0.774. The molecule has 0 saturated carbocycles. The molecule has 5 nitrogen and oxygen atoms in total. The first kappa shape index (κ1) is 14.5. The SMILES string of the molecule is O=C(CC1Cc2ccccc2O1)Nc1[nH]ncc1-c1ccccc1. The lowest BCUT2D eigenvalue weighted by molar-refractivity contribution is -0.117. The van der Waals surface area contributed by atoms with Crippen LogP contribution in [0, 0.1) is 0 Å². The number of rotatable bonds is 4. The summed E-state index contributed by atoms with van der Waals surface area (Å²) in [4.78, 5) is 12.4. The molecule has 120 valence electrons. The van der Waals surface area contributed by atoms with Crippen LogP contribution in [0.4, 0.5) is 5.82 Å². The van der Waals surface area contributed by atoms with E-state index < -0.39 is 0 Å². The summed E-state index contributed by atoms with van der Waals surface area (Å²) in [5.41, 5.74) is 3.03. The zero-order valence-electron chi connectivity index (χ0n) is 13.0. The summed E-state index contributed by atoms with van der Waals surface area (Å²) < 4.78 is 5.82. The molecule has 1 atom stereocenters. The van der Waals surface area contributed by atoms with Crippen LogP contribution in [-0.2, 0) is 11.2 Å². The molecule has 4 rings (SSSR count). The largest absolute Gasteiger partial charge is 0.489 e. The third-order valence-electron chi connectivity index (χ3n) is 4.12. The van der Waals surface area contributed by atoms with Crippen molar-refractivity contribution in [1.29, 1.82) is 0 Å². The highest BCUT2D eigenvalue weighted by Crippen LogP contribution is 2.30. The molecule has 2 aromatic carbocycles. The molecular formula is C19H17N3O2. The summed E-state index contributed by atoms with van der Waals surface area (Å²) in [6.45, 7) is 0. The van der Waals surface area contributed by atoms with Crippen LogP contribution in [0.2, 0.25) is 0 Å². The Labute approximate surface area is 139 Å².